The standard InChI is InChI=1S/C18H17NO/c1-13(2)14-6-8-15(9-7-14)18(20)17-11-10-16-5-3-4-12-19(16)17/h3-13H,1-2H3. The van der Waals surface area contributed by atoms with Gasteiger partial charge >= 0.3 is 0 Å². The molecule has 20 heavy (non-hydrogen) atoms. The van der Waals surface area contributed by atoms with Gasteiger partial charge in [-0.05, 0) is 35.7 Å². The predicted octanol–water partition coefficient (Wildman–Crippen LogP) is 4.29. The molecule has 0 radical (unpaired) electrons. The van der Waals surface area contributed by atoms with Gasteiger partial charge < -0.3 is 4.40 Å². The average molecular weight is 263 g/mol. The van der Waals surface area contributed by atoms with Crippen molar-refractivity contribution >= 4 is 11.3 Å². The lowest BCUT2D eigenvalue weighted by atomic mass is 10.00. The third-order valence-electron chi connectivity index (χ3n) is 3.64. The highest BCUT2D eigenvalue weighted by molar-refractivity contribution is 6.08. The Bertz CT molecular complexity index is 750. The summed E-state index contributed by atoms with van der Waals surface area (Å²) in [5, 5.41) is 0. The molecule has 0 unspecified atom stereocenters. The fraction of sp³-hybridized carbons (Fsp3) is 0.167. The molecule has 0 bridgehead atoms. The Balaban J connectivity index is 2.00. The summed E-state index contributed by atoms with van der Waals surface area (Å²) >= 11 is 0. The minimum absolute atomic E-state index is 0.0616. The number of pyridine rings is 1. The molecule has 0 aliphatic heterocycles. The molecule has 3 rings (SSSR count). The number of nitrogens with zero attached hydrogens (tertiary/aromatic N) is 1. The Labute approximate surface area is 118 Å². The molecule has 2 nitrogen and oxygen atoms in total. The van der Waals surface area contributed by atoms with Crippen molar-refractivity contribution in [2.45, 2.75) is 19.8 Å². The number of aromatic nitrogens is 1. The van der Waals surface area contributed by atoms with Crippen LogP contribution in [0.2, 0.25) is 0 Å². The summed E-state index contributed by atoms with van der Waals surface area (Å²) in [7, 11) is 0. The second-order valence-corrected chi connectivity index (χ2v) is 5.32. The first-order valence-electron chi connectivity index (χ1n) is 6.87. The van der Waals surface area contributed by atoms with E-state index in [1.807, 2.05) is 65.2 Å². The number of hydrogen-bond acceptors (Lipinski definition) is 1. The predicted molar refractivity (Wildman–Crippen MR) is 81.4 cm³/mol. The van der Waals surface area contributed by atoms with Crippen LogP contribution in [0.25, 0.3) is 5.52 Å². The summed E-state index contributed by atoms with van der Waals surface area (Å²) in [4.78, 5) is 12.6. The van der Waals surface area contributed by atoms with Gasteiger partial charge in [0.2, 0.25) is 5.78 Å². The van der Waals surface area contributed by atoms with E-state index in [4.69, 9.17) is 0 Å². The van der Waals surface area contributed by atoms with Crippen molar-refractivity contribution < 1.29 is 4.79 Å². The van der Waals surface area contributed by atoms with Crippen molar-refractivity contribution in [1.29, 1.82) is 0 Å². The van der Waals surface area contributed by atoms with Crippen LogP contribution in [0.5, 0.6) is 0 Å². The molecule has 0 spiro atoms. The maximum atomic E-state index is 12.6. The fourth-order valence-electron chi connectivity index (χ4n) is 2.41. The van der Waals surface area contributed by atoms with E-state index in [2.05, 4.69) is 13.8 Å². The van der Waals surface area contributed by atoms with Crippen LogP contribution in [0.1, 0.15) is 41.4 Å². The van der Waals surface area contributed by atoms with Crippen LogP contribution in [0, 0.1) is 0 Å². The first-order chi connectivity index (χ1) is 9.66. The van der Waals surface area contributed by atoms with Gasteiger partial charge in [-0.1, -0.05) is 44.2 Å². The highest BCUT2D eigenvalue weighted by Crippen LogP contribution is 2.18. The quantitative estimate of drug-likeness (QED) is 0.646. The summed E-state index contributed by atoms with van der Waals surface area (Å²) in [6.45, 7) is 4.30. The van der Waals surface area contributed by atoms with E-state index in [0.29, 0.717) is 11.6 Å². The summed E-state index contributed by atoms with van der Waals surface area (Å²) in [5.41, 5.74) is 3.73. The van der Waals surface area contributed by atoms with Crippen molar-refractivity contribution in [1.82, 2.24) is 4.40 Å². The Hall–Kier alpha value is -2.35. The lowest BCUT2D eigenvalue weighted by molar-refractivity contribution is 0.103. The van der Waals surface area contributed by atoms with Crippen LogP contribution < -0.4 is 0 Å². The minimum atomic E-state index is 0.0616. The van der Waals surface area contributed by atoms with Crippen molar-refractivity contribution in [3.8, 4) is 0 Å². The number of ketones is 1. The summed E-state index contributed by atoms with van der Waals surface area (Å²) < 4.78 is 1.93. The fourth-order valence-corrected chi connectivity index (χ4v) is 2.41. The Morgan fingerprint density at radius 2 is 1.70 bits per heavy atom. The maximum absolute atomic E-state index is 12.6. The van der Waals surface area contributed by atoms with Gasteiger partial charge in [-0.15, -0.1) is 0 Å². The number of rotatable bonds is 3. The van der Waals surface area contributed by atoms with Crippen molar-refractivity contribution in [2.75, 3.05) is 0 Å². The largest absolute Gasteiger partial charge is 0.314 e. The maximum Gasteiger partial charge on any atom is 0.209 e. The van der Waals surface area contributed by atoms with Gasteiger partial charge in [-0.3, -0.25) is 4.79 Å². The van der Waals surface area contributed by atoms with Crippen molar-refractivity contribution in [3.05, 3.63) is 77.6 Å². The molecule has 2 heterocycles. The average Bonchev–Trinajstić information content (AvgIpc) is 2.90. The molecular weight excluding hydrogens is 246 g/mol. The summed E-state index contributed by atoms with van der Waals surface area (Å²) in [6.07, 6.45) is 1.92. The second-order valence-electron chi connectivity index (χ2n) is 5.32. The Morgan fingerprint density at radius 1 is 0.950 bits per heavy atom. The number of benzene rings is 1. The Kier molecular flexibility index (Phi) is 3.15. The molecule has 0 aliphatic rings. The van der Waals surface area contributed by atoms with E-state index in [1.54, 1.807) is 0 Å². The molecular formula is C18H17NO. The van der Waals surface area contributed by atoms with Gasteiger partial charge in [0.15, 0.2) is 0 Å². The zero-order valence-corrected chi connectivity index (χ0v) is 11.7. The normalized spacial score (nSPS) is 11.2. The van der Waals surface area contributed by atoms with E-state index < -0.39 is 0 Å². The van der Waals surface area contributed by atoms with Crippen molar-refractivity contribution in [3.63, 3.8) is 0 Å². The van der Waals surface area contributed by atoms with Gasteiger partial charge in [0.1, 0.15) is 0 Å². The van der Waals surface area contributed by atoms with Gasteiger partial charge in [0, 0.05) is 17.3 Å². The monoisotopic (exact) mass is 263 g/mol. The number of carbonyl (C=O) groups is 1. The van der Waals surface area contributed by atoms with Crippen LogP contribution in [-0.2, 0) is 0 Å². The van der Waals surface area contributed by atoms with E-state index in [9.17, 15) is 4.79 Å². The smallest absolute Gasteiger partial charge is 0.209 e. The summed E-state index contributed by atoms with van der Waals surface area (Å²) in [6, 6.07) is 17.7. The van der Waals surface area contributed by atoms with Crippen LogP contribution in [0.15, 0.2) is 60.8 Å². The summed E-state index contributed by atoms with van der Waals surface area (Å²) in [5.74, 6) is 0.541. The Morgan fingerprint density at radius 3 is 2.40 bits per heavy atom. The first kappa shape index (κ1) is 12.7. The molecule has 0 saturated heterocycles. The second kappa shape index (κ2) is 4.97. The minimum Gasteiger partial charge on any atom is -0.314 e. The van der Waals surface area contributed by atoms with Gasteiger partial charge in [-0.2, -0.15) is 0 Å². The number of fused-ring (bicyclic) bond motifs is 1. The molecule has 100 valence electrons. The lowest BCUT2D eigenvalue weighted by Gasteiger charge is -2.06. The van der Waals surface area contributed by atoms with E-state index >= 15 is 0 Å². The van der Waals surface area contributed by atoms with Crippen LogP contribution in [0.4, 0.5) is 0 Å². The number of carbonyl (C=O) groups excluding carboxylic acids is 1. The van der Waals surface area contributed by atoms with Crippen molar-refractivity contribution in [2.24, 2.45) is 0 Å². The lowest BCUT2D eigenvalue weighted by Crippen LogP contribution is -2.05. The molecule has 0 fully saturated rings. The molecule has 3 aromatic rings. The van der Waals surface area contributed by atoms with Crippen LogP contribution in [0.3, 0.4) is 0 Å². The zero-order valence-electron chi connectivity index (χ0n) is 11.7. The molecule has 0 aliphatic carbocycles. The van der Waals surface area contributed by atoms with Gasteiger partial charge in [0.05, 0.1) is 5.69 Å². The van der Waals surface area contributed by atoms with Crippen LogP contribution in [-0.4, -0.2) is 10.2 Å². The molecule has 2 aromatic heterocycles. The van der Waals surface area contributed by atoms with E-state index in [0.717, 1.165) is 11.1 Å². The molecule has 0 saturated carbocycles. The topological polar surface area (TPSA) is 21.5 Å². The number of hydrogen-bond donors (Lipinski definition) is 0. The van der Waals surface area contributed by atoms with Gasteiger partial charge in [-0.25, -0.2) is 0 Å². The molecule has 0 atom stereocenters. The molecule has 2 heteroatoms. The third kappa shape index (κ3) is 2.14. The van der Waals surface area contributed by atoms with Gasteiger partial charge in [0.25, 0.3) is 0 Å². The third-order valence-corrected chi connectivity index (χ3v) is 3.64. The van der Waals surface area contributed by atoms with E-state index in [-0.39, 0.29) is 5.78 Å². The highest BCUT2D eigenvalue weighted by Gasteiger charge is 2.13. The molecule has 0 amide bonds. The van der Waals surface area contributed by atoms with E-state index in [1.165, 1.54) is 5.56 Å². The zero-order chi connectivity index (χ0) is 14.1. The molecule has 0 N–H and O–H groups in total. The first-order valence-corrected chi connectivity index (χ1v) is 6.87. The van der Waals surface area contributed by atoms with Crippen LogP contribution >= 0.6 is 0 Å². The SMILES string of the molecule is CC(C)c1ccc(C(=O)c2ccc3ccccn23)cc1. The molecule has 1 aromatic carbocycles. The highest BCUT2D eigenvalue weighted by atomic mass is 16.1.